The second-order valence-electron chi connectivity index (χ2n) is 4.67. The van der Waals surface area contributed by atoms with Crippen LogP contribution in [-0.2, 0) is 6.54 Å². The molecule has 0 radical (unpaired) electrons. The molecule has 2 N–H and O–H groups in total. The molecule has 0 aliphatic carbocycles. The number of nitrogens with zero attached hydrogens (tertiary/aromatic N) is 3. The molecular weight excluding hydrogens is 256 g/mol. The molecule has 20 heavy (non-hydrogen) atoms. The molecule has 6 heteroatoms. The number of benzene rings is 1. The Labute approximate surface area is 114 Å². The Morgan fingerprint density at radius 1 is 1.30 bits per heavy atom. The van der Waals surface area contributed by atoms with Crippen LogP contribution >= 0.6 is 0 Å². The number of aromatic nitrogens is 3. The largest absolute Gasteiger partial charge is 0.439 e. The maximum absolute atomic E-state index is 12.0. The minimum absolute atomic E-state index is 0.120. The van der Waals surface area contributed by atoms with Gasteiger partial charge in [0.05, 0.1) is 5.69 Å². The van der Waals surface area contributed by atoms with Crippen molar-refractivity contribution in [2.45, 2.75) is 20.4 Å². The molecule has 0 saturated heterocycles. The lowest BCUT2D eigenvalue weighted by Crippen LogP contribution is -2.24. The highest BCUT2D eigenvalue weighted by atomic mass is 16.3. The van der Waals surface area contributed by atoms with Crippen LogP contribution in [0.3, 0.4) is 0 Å². The number of oxazole rings is 1. The van der Waals surface area contributed by atoms with Gasteiger partial charge < -0.3 is 10.2 Å². The van der Waals surface area contributed by atoms with Gasteiger partial charge in [-0.1, -0.05) is 6.07 Å². The number of hydrogen-bond acceptors (Lipinski definition) is 5. The van der Waals surface area contributed by atoms with E-state index in [1.807, 2.05) is 0 Å². The van der Waals surface area contributed by atoms with Crippen LogP contribution in [0.15, 0.2) is 33.5 Å². The molecule has 0 bridgehead atoms. The van der Waals surface area contributed by atoms with Crippen molar-refractivity contribution in [3.05, 3.63) is 52.0 Å². The number of fused-ring (bicyclic) bond motifs is 1. The standard InChI is InChI=1S/C14H14N4O2/c1-8-6-13(19)18(9(2)16-8)7-12-17-14-10(15)4-3-5-11(14)20-12/h3-6H,7,15H2,1-2H3. The van der Waals surface area contributed by atoms with Crippen LogP contribution in [0.2, 0.25) is 0 Å². The van der Waals surface area contributed by atoms with Gasteiger partial charge in [0.2, 0.25) is 5.89 Å². The molecule has 0 amide bonds. The van der Waals surface area contributed by atoms with Gasteiger partial charge in [-0.25, -0.2) is 9.97 Å². The summed E-state index contributed by atoms with van der Waals surface area (Å²) in [5, 5.41) is 0. The van der Waals surface area contributed by atoms with E-state index in [-0.39, 0.29) is 12.1 Å². The summed E-state index contributed by atoms with van der Waals surface area (Å²) in [5.41, 5.74) is 8.21. The fraction of sp³-hybridized carbons (Fsp3) is 0.214. The lowest BCUT2D eigenvalue weighted by Gasteiger charge is -2.06. The zero-order chi connectivity index (χ0) is 14.3. The van der Waals surface area contributed by atoms with Crippen molar-refractivity contribution in [3.8, 4) is 0 Å². The molecule has 0 atom stereocenters. The summed E-state index contributed by atoms with van der Waals surface area (Å²) >= 11 is 0. The number of anilines is 1. The number of nitrogens with two attached hydrogens (primary N) is 1. The van der Waals surface area contributed by atoms with E-state index in [0.717, 1.165) is 0 Å². The number of nitrogen functional groups attached to an aromatic ring is 1. The number of aryl methyl sites for hydroxylation is 2. The van der Waals surface area contributed by atoms with Crippen molar-refractivity contribution in [2.24, 2.45) is 0 Å². The van der Waals surface area contributed by atoms with Crippen LogP contribution in [0, 0.1) is 13.8 Å². The summed E-state index contributed by atoms with van der Waals surface area (Å²) in [6.45, 7) is 3.82. The van der Waals surface area contributed by atoms with E-state index in [0.29, 0.717) is 34.2 Å². The Morgan fingerprint density at radius 2 is 2.10 bits per heavy atom. The minimum atomic E-state index is -0.120. The first-order valence-corrected chi connectivity index (χ1v) is 6.23. The Morgan fingerprint density at radius 3 is 2.80 bits per heavy atom. The molecule has 2 aromatic heterocycles. The summed E-state index contributed by atoms with van der Waals surface area (Å²) in [6.07, 6.45) is 0. The molecule has 0 spiro atoms. The van der Waals surface area contributed by atoms with Gasteiger partial charge in [0.15, 0.2) is 5.58 Å². The first-order chi connectivity index (χ1) is 9.54. The lowest BCUT2D eigenvalue weighted by atomic mass is 10.3. The van der Waals surface area contributed by atoms with E-state index in [9.17, 15) is 4.79 Å². The average Bonchev–Trinajstić information content (AvgIpc) is 2.78. The van der Waals surface area contributed by atoms with Gasteiger partial charge in [-0.3, -0.25) is 9.36 Å². The third kappa shape index (κ3) is 2.05. The Hall–Kier alpha value is -2.63. The molecule has 0 unspecified atom stereocenters. The molecule has 1 aromatic carbocycles. The topological polar surface area (TPSA) is 86.9 Å². The van der Waals surface area contributed by atoms with Gasteiger partial charge in [-0.15, -0.1) is 0 Å². The van der Waals surface area contributed by atoms with Crippen LogP contribution in [0.1, 0.15) is 17.4 Å². The quantitative estimate of drug-likeness (QED) is 0.715. The zero-order valence-corrected chi connectivity index (χ0v) is 11.3. The fourth-order valence-corrected chi connectivity index (χ4v) is 2.17. The van der Waals surface area contributed by atoms with Crippen molar-refractivity contribution >= 4 is 16.8 Å². The predicted molar refractivity (Wildman–Crippen MR) is 75.5 cm³/mol. The molecule has 102 valence electrons. The number of hydrogen-bond donors (Lipinski definition) is 1. The molecule has 6 nitrogen and oxygen atoms in total. The highest BCUT2D eigenvalue weighted by Gasteiger charge is 2.11. The van der Waals surface area contributed by atoms with Gasteiger partial charge in [0.25, 0.3) is 5.56 Å². The fourth-order valence-electron chi connectivity index (χ4n) is 2.17. The van der Waals surface area contributed by atoms with E-state index in [1.54, 1.807) is 32.0 Å². The highest BCUT2D eigenvalue weighted by molar-refractivity contribution is 5.85. The normalized spacial score (nSPS) is 11.1. The summed E-state index contributed by atoms with van der Waals surface area (Å²) in [6, 6.07) is 6.85. The van der Waals surface area contributed by atoms with Gasteiger partial charge in [0, 0.05) is 11.8 Å². The summed E-state index contributed by atoms with van der Waals surface area (Å²) < 4.78 is 7.14. The first-order valence-electron chi connectivity index (χ1n) is 6.23. The SMILES string of the molecule is Cc1cc(=O)n(Cc2nc3c(N)cccc3o2)c(C)n1. The number of rotatable bonds is 2. The van der Waals surface area contributed by atoms with Crippen LogP contribution < -0.4 is 11.3 Å². The third-order valence-electron chi connectivity index (χ3n) is 3.12. The summed E-state index contributed by atoms with van der Waals surface area (Å²) in [7, 11) is 0. The van der Waals surface area contributed by atoms with E-state index < -0.39 is 0 Å². The van der Waals surface area contributed by atoms with Gasteiger partial charge >= 0.3 is 0 Å². The van der Waals surface area contributed by atoms with Crippen LogP contribution in [0.4, 0.5) is 5.69 Å². The molecule has 0 fully saturated rings. The van der Waals surface area contributed by atoms with E-state index >= 15 is 0 Å². The monoisotopic (exact) mass is 270 g/mol. The van der Waals surface area contributed by atoms with E-state index in [2.05, 4.69) is 9.97 Å². The van der Waals surface area contributed by atoms with Gasteiger partial charge in [-0.2, -0.15) is 0 Å². The Kier molecular flexibility index (Phi) is 2.78. The highest BCUT2D eigenvalue weighted by Crippen LogP contribution is 2.21. The maximum atomic E-state index is 12.0. The summed E-state index contributed by atoms with van der Waals surface area (Å²) in [4.78, 5) is 20.6. The van der Waals surface area contributed by atoms with Crippen molar-refractivity contribution in [1.82, 2.24) is 14.5 Å². The number of para-hydroxylation sites is 1. The third-order valence-corrected chi connectivity index (χ3v) is 3.12. The van der Waals surface area contributed by atoms with Gasteiger partial charge in [-0.05, 0) is 26.0 Å². The smallest absolute Gasteiger partial charge is 0.254 e. The predicted octanol–water partition coefficient (Wildman–Crippen LogP) is 1.63. The molecule has 0 saturated carbocycles. The van der Waals surface area contributed by atoms with Gasteiger partial charge in [0.1, 0.15) is 17.9 Å². The van der Waals surface area contributed by atoms with E-state index in [1.165, 1.54) is 10.6 Å². The minimum Gasteiger partial charge on any atom is -0.439 e. The average molecular weight is 270 g/mol. The molecule has 3 aromatic rings. The van der Waals surface area contributed by atoms with Crippen LogP contribution in [0.25, 0.3) is 11.1 Å². The molecule has 3 rings (SSSR count). The second kappa shape index (κ2) is 4.48. The second-order valence-corrected chi connectivity index (χ2v) is 4.67. The first kappa shape index (κ1) is 12.4. The molecular formula is C14H14N4O2. The molecule has 2 heterocycles. The zero-order valence-electron chi connectivity index (χ0n) is 11.3. The van der Waals surface area contributed by atoms with E-state index in [4.69, 9.17) is 10.2 Å². The van der Waals surface area contributed by atoms with Crippen molar-refractivity contribution in [3.63, 3.8) is 0 Å². The van der Waals surface area contributed by atoms with Crippen LogP contribution in [0.5, 0.6) is 0 Å². The Bertz CT molecular complexity index is 848. The molecule has 0 aliphatic heterocycles. The van der Waals surface area contributed by atoms with Crippen molar-refractivity contribution < 1.29 is 4.42 Å². The summed E-state index contributed by atoms with van der Waals surface area (Å²) in [5.74, 6) is 1.07. The van der Waals surface area contributed by atoms with Crippen LogP contribution in [-0.4, -0.2) is 14.5 Å². The van der Waals surface area contributed by atoms with Crippen molar-refractivity contribution in [1.29, 1.82) is 0 Å². The lowest BCUT2D eigenvalue weighted by molar-refractivity contribution is 0.496. The molecule has 0 aliphatic rings. The Balaban J connectivity index is 2.06. The maximum Gasteiger partial charge on any atom is 0.254 e. The van der Waals surface area contributed by atoms with Crippen molar-refractivity contribution in [2.75, 3.05) is 5.73 Å².